The Labute approximate surface area is 93.2 Å². The standard InChI is InChI=1S/C12H12O4/c1-8-10(13)11(12(14)16-8)15-7-9-5-3-2-4-6-9/h2-6,8,11H,7H2,1H3/t8-,11?/m0/s1. The van der Waals surface area contributed by atoms with E-state index in [0.29, 0.717) is 0 Å². The van der Waals surface area contributed by atoms with Crippen LogP contribution in [0.4, 0.5) is 0 Å². The molecule has 0 amide bonds. The van der Waals surface area contributed by atoms with Crippen LogP contribution in [0.25, 0.3) is 0 Å². The van der Waals surface area contributed by atoms with Crippen molar-refractivity contribution >= 4 is 11.8 Å². The lowest BCUT2D eigenvalue weighted by atomic mass is 10.2. The van der Waals surface area contributed by atoms with E-state index < -0.39 is 18.2 Å². The number of rotatable bonds is 3. The molecular formula is C12H12O4. The summed E-state index contributed by atoms with van der Waals surface area (Å²) in [5.74, 6) is -0.894. The first-order valence-electron chi connectivity index (χ1n) is 5.08. The summed E-state index contributed by atoms with van der Waals surface area (Å²) in [6.45, 7) is 1.78. The second-order valence-corrected chi connectivity index (χ2v) is 3.66. The lowest BCUT2D eigenvalue weighted by Crippen LogP contribution is -2.27. The van der Waals surface area contributed by atoms with Crippen molar-refractivity contribution in [2.45, 2.75) is 25.7 Å². The number of carbonyl (C=O) groups is 2. The number of hydrogen-bond acceptors (Lipinski definition) is 4. The molecule has 1 unspecified atom stereocenters. The van der Waals surface area contributed by atoms with E-state index in [1.807, 2.05) is 30.3 Å². The fraction of sp³-hybridized carbons (Fsp3) is 0.333. The van der Waals surface area contributed by atoms with Crippen molar-refractivity contribution < 1.29 is 19.1 Å². The van der Waals surface area contributed by atoms with Crippen molar-refractivity contribution in [2.24, 2.45) is 0 Å². The maximum absolute atomic E-state index is 11.5. The van der Waals surface area contributed by atoms with Gasteiger partial charge in [0.15, 0.2) is 6.10 Å². The van der Waals surface area contributed by atoms with Gasteiger partial charge in [-0.3, -0.25) is 4.79 Å². The average molecular weight is 220 g/mol. The Morgan fingerprint density at radius 3 is 2.50 bits per heavy atom. The molecule has 0 bridgehead atoms. The van der Waals surface area contributed by atoms with Crippen LogP contribution in [-0.4, -0.2) is 24.0 Å². The van der Waals surface area contributed by atoms with E-state index in [4.69, 9.17) is 9.47 Å². The third-order valence-corrected chi connectivity index (χ3v) is 2.43. The Morgan fingerprint density at radius 1 is 1.25 bits per heavy atom. The van der Waals surface area contributed by atoms with Crippen LogP contribution in [0.5, 0.6) is 0 Å². The van der Waals surface area contributed by atoms with E-state index in [0.717, 1.165) is 5.56 Å². The van der Waals surface area contributed by atoms with Gasteiger partial charge in [0.05, 0.1) is 6.61 Å². The zero-order valence-corrected chi connectivity index (χ0v) is 8.88. The number of carbonyl (C=O) groups excluding carboxylic acids is 2. The zero-order valence-electron chi connectivity index (χ0n) is 8.88. The van der Waals surface area contributed by atoms with Gasteiger partial charge in [-0.25, -0.2) is 4.79 Å². The highest BCUT2D eigenvalue weighted by molar-refractivity contribution is 6.09. The van der Waals surface area contributed by atoms with Crippen molar-refractivity contribution in [1.82, 2.24) is 0 Å². The first-order chi connectivity index (χ1) is 7.68. The van der Waals surface area contributed by atoms with Crippen molar-refractivity contribution in [1.29, 1.82) is 0 Å². The summed E-state index contributed by atoms with van der Waals surface area (Å²) in [6.07, 6.45) is -1.75. The smallest absolute Gasteiger partial charge is 0.343 e. The number of Topliss-reactive ketones (excluding diaryl/α,β-unsaturated/α-hetero) is 1. The number of hydrogen-bond donors (Lipinski definition) is 0. The van der Waals surface area contributed by atoms with Crippen LogP contribution in [-0.2, 0) is 25.7 Å². The van der Waals surface area contributed by atoms with E-state index in [1.54, 1.807) is 6.92 Å². The van der Waals surface area contributed by atoms with E-state index in [-0.39, 0.29) is 12.4 Å². The number of ketones is 1. The molecule has 0 N–H and O–H groups in total. The molecule has 84 valence electrons. The molecule has 2 atom stereocenters. The molecule has 1 saturated heterocycles. The molecule has 1 heterocycles. The topological polar surface area (TPSA) is 52.6 Å². The molecule has 1 aliphatic heterocycles. The highest BCUT2D eigenvalue weighted by atomic mass is 16.6. The largest absolute Gasteiger partial charge is 0.452 e. The molecule has 0 radical (unpaired) electrons. The summed E-state index contributed by atoms with van der Waals surface area (Å²) in [5, 5.41) is 0. The van der Waals surface area contributed by atoms with Crippen LogP contribution in [0, 0.1) is 0 Å². The molecule has 2 rings (SSSR count). The van der Waals surface area contributed by atoms with Gasteiger partial charge < -0.3 is 9.47 Å². The molecular weight excluding hydrogens is 208 g/mol. The van der Waals surface area contributed by atoms with Crippen molar-refractivity contribution in [3.05, 3.63) is 35.9 Å². The molecule has 0 aromatic heterocycles. The number of benzene rings is 1. The van der Waals surface area contributed by atoms with Gasteiger partial charge in [-0.2, -0.15) is 0 Å². The van der Waals surface area contributed by atoms with Gasteiger partial charge in [0.1, 0.15) is 0 Å². The first kappa shape index (κ1) is 10.8. The van der Waals surface area contributed by atoms with Crippen LogP contribution in [0.2, 0.25) is 0 Å². The number of esters is 1. The lowest BCUT2D eigenvalue weighted by molar-refractivity contribution is -0.150. The quantitative estimate of drug-likeness (QED) is 0.565. The minimum Gasteiger partial charge on any atom is -0.452 e. The van der Waals surface area contributed by atoms with Crippen LogP contribution < -0.4 is 0 Å². The Hall–Kier alpha value is -1.68. The molecule has 0 aliphatic carbocycles. The number of cyclic esters (lactones) is 1. The van der Waals surface area contributed by atoms with Crippen molar-refractivity contribution in [3.63, 3.8) is 0 Å². The van der Waals surface area contributed by atoms with Gasteiger partial charge in [0.2, 0.25) is 11.9 Å². The molecule has 1 aromatic carbocycles. The minimum atomic E-state index is -1.06. The third-order valence-electron chi connectivity index (χ3n) is 2.43. The van der Waals surface area contributed by atoms with Gasteiger partial charge in [0, 0.05) is 0 Å². The van der Waals surface area contributed by atoms with Gasteiger partial charge in [0.25, 0.3) is 0 Å². The van der Waals surface area contributed by atoms with E-state index in [2.05, 4.69) is 0 Å². The van der Waals surface area contributed by atoms with E-state index in [1.165, 1.54) is 0 Å². The van der Waals surface area contributed by atoms with Crippen LogP contribution in [0.1, 0.15) is 12.5 Å². The van der Waals surface area contributed by atoms with Gasteiger partial charge in [-0.05, 0) is 12.5 Å². The van der Waals surface area contributed by atoms with Crippen molar-refractivity contribution in [3.8, 4) is 0 Å². The summed E-state index contributed by atoms with van der Waals surface area (Å²) in [4.78, 5) is 22.7. The second kappa shape index (κ2) is 4.45. The molecule has 1 aromatic rings. The first-order valence-corrected chi connectivity index (χ1v) is 5.08. The van der Waals surface area contributed by atoms with E-state index in [9.17, 15) is 9.59 Å². The Kier molecular flexibility index (Phi) is 3.01. The van der Waals surface area contributed by atoms with Crippen LogP contribution in [0.3, 0.4) is 0 Å². The summed E-state index contributed by atoms with van der Waals surface area (Å²) in [6, 6.07) is 9.37. The maximum atomic E-state index is 11.5. The molecule has 16 heavy (non-hydrogen) atoms. The summed E-state index contributed by atoms with van der Waals surface area (Å²) in [5.41, 5.74) is 0.919. The SMILES string of the molecule is C[C@@H]1OC(=O)C(OCc2ccccc2)C1=O. The van der Waals surface area contributed by atoms with Crippen molar-refractivity contribution in [2.75, 3.05) is 0 Å². The predicted molar refractivity (Wildman–Crippen MR) is 55.6 cm³/mol. The van der Waals surface area contributed by atoms with Gasteiger partial charge in [-0.1, -0.05) is 30.3 Å². The lowest BCUT2D eigenvalue weighted by Gasteiger charge is -2.06. The normalized spacial score (nSPS) is 24.6. The monoisotopic (exact) mass is 220 g/mol. The summed E-state index contributed by atoms with van der Waals surface area (Å²) in [7, 11) is 0. The maximum Gasteiger partial charge on any atom is 0.343 e. The van der Waals surface area contributed by atoms with Gasteiger partial charge >= 0.3 is 5.97 Å². The molecule has 4 nitrogen and oxygen atoms in total. The third kappa shape index (κ3) is 2.12. The fourth-order valence-electron chi connectivity index (χ4n) is 1.53. The Bertz CT molecular complexity index is 399. The Balaban J connectivity index is 1.96. The predicted octanol–water partition coefficient (Wildman–Crippen LogP) is 1.09. The molecule has 0 spiro atoms. The highest BCUT2D eigenvalue weighted by Gasteiger charge is 2.41. The second-order valence-electron chi connectivity index (χ2n) is 3.66. The van der Waals surface area contributed by atoms with E-state index >= 15 is 0 Å². The highest BCUT2D eigenvalue weighted by Crippen LogP contribution is 2.15. The van der Waals surface area contributed by atoms with Crippen LogP contribution >= 0.6 is 0 Å². The van der Waals surface area contributed by atoms with Crippen LogP contribution in [0.15, 0.2) is 30.3 Å². The number of ether oxygens (including phenoxy) is 2. The average Bonchev–Trinajstić information content (AvgIpc) is 2.53. The fourth-order valence-corrected chi connectivity index (χ4v) is 1.53. The molecule has 1 aliphatic rings. The minimum absolute atomic E-state index is 0.235. The molecule has 4 heteroatoms. The Morgan fingerprint density at radius 2 is 1.94 bits per heavy atom. The molecule has 0 saturated carbocycles. The summed E-state index contributed by atoms with van der Waals surface area (Å²) < 4.78 is 10.0. The summed E-state index contributed by atoms with van der Waals surface area (Å²) >= 11 is 0. The zero-order chi connectivity index (χ0) is 11.5. The molecule has 1 fully saturated rings. The van der Waals surface area contributed by atoms with Gasteiger partial charge in [-0.15, -0.1) is 0 Å².